The Morgan fingerprint density at radius 3 is 2.25 bits per heavy atom. The van der Waals surface area contributed by atoms with Crippen molar-refractivity contribution in [1.29, 1.82) is 0 Å². The SMILES string of the molecule is C[C@@H]([C@@H](O)c1ccccc1)N(C)Cc1ccc(Cl)cc1. The largest absolute Gasteiger partial charge is 0.387 e. The molecule has 2 rings (SSSR count). The quantitative estimate of drug-likeness (QED) is 0.902. The molecule has 20 heavy (non-hydrogen) atoms. The first-order valence-electron chi connectivity index (χ1n) is 6.75. The molecule has 0 aromatic heterocycles. The number of nitrogens with zero attached hydrogens (tertiary/aromatic N) is 1. The van der Waals surface area contributed by atoms with Gasteiger partial charge in [0.2, 0.25) is 0 Å². The Bertz CT molecular complexity index is 526. The average molecular weight is 290 g/mol. The zero-order chi connectivity index (χ0) is 14.5. The molecule has 0 radical (unpaired) electrons. The molecule has 0 heterocycles. The molecule has 0 aliphatic carbocycles. The Morgan fingerprint density at radius 2 is 1.65 bits per heavy atom. The number of aliphatic hydroxyl groups excluding tert-OH is 1. The van der Waals surface area contributed by atoms with Crippen molar-refractivity contribution in [3.8, 4) is 0 Å². The number of halogens is 1. The standard InChI is InChI=1S/C17H20ClNO/c1-13(17(20)15-6-4-3-5-7-15)19(2)12-14-8-10-16(18)11-9-14/h3-11,13,17,20H,12H2,1-2H3/t13-,17+/m0/s1. The number of hydrogen-bond acceptors (Lipinski definition) is 2. The normalized spacial score (nSPS) is 14.2. The van der Waals surface area contributed by atoms with Crippen LogP contribution in [0.2, 0.25) is 5.02 Å². The van der Waals surface area contributed by atoms with Crippen LogP contribution in [0.5, 0.6) is 0 Å². The van der Waals surface area contributed by atoms with Crippen molar-refractivity contribution in [2.24, 2.45) is 0 Å². The molecule has 0 aliphatic rings. The molecule has 106 valence electrons. The highest BCUT2D eigenvalue weighted by atomic mass is 35.5. The fraction of sp³-hybridized carbons (Fsp3) is 0.294. The van der Waals surface area contributed by atoms with E-state index in [1.165, 1.54) is 5.56 Å². The van der Waals surface area contributed by atoms with Crippen LogP contribution in [-0.4, -0.2) is 23.1 Å². The van der Waals surface area contributed by atoms with Gasteiger partial charge < -0.3 is 5.11 Å². The Kier molecular flexibility index (Phi) is 5.18. The summed E-state index contributed by atoms with van der Waals surface area (Å²) in [5, 5.41) is 11.2. The molecule has 1 N–H and O–H groups in total. The summed E-state index contributed by atoms with van der Waals surface area (Å²) in [6.07, 6.45) is -0.492. The minimum Gasteiger partial charge on any atom is -0.387 e. The second-order valence-corrected chi connectivity index (χ2v) is 5.57. The third-order valence-electron chi connectivity index (χ3n) is 3.64. The lowest BCUT2D eigenvalue weighted by atomic mass is 10.0. The monoisotopic (exact) mass is 289 g/mol. The molecule has 2 nitrogen and oxygen atoms in total. The maximum absolute atomic E-state index is 10.4. The third kappa shape index (κ3) is 3.83. The van der Waals surface area contributed by atoms with Crippen LogP contribution >= 0.6 is 11.6 Å². The summed E-state index contributed by atoms with van der Waals surface area (Å²) in [6, 6.07) is 17.6. The molecular formula is C17H20ClNO. The minimum absolute atomic E-state index is 0.0353. The van der Waals surface area contributed by atoms with Crippen LogP contribution in [0.4, 0.5) is 0 Å². The fourth-order valence-corrected chi connectivity index (χ4v) is 2.32. The Labute approximate surface area is 125 Å². The minimum atomic E-state index is -0.492. The van der Waals surface area contributed by atoms with Gasteiger partial charge in [-0.2, -0.15) is 0 Å². The molecule has 2 aromatic rings. The van der Waals surface area contributed by atoms with Gasteiger partial charge in [-0.25, -0.2) is 0 Å². The van der Waals surface area contributed by atoms with E-state index >= 15 is 0 Å². The summed E-state index contributed by atoms with van der Waals surface area (Å²) in [6.45, 7) is 2.82. The van der Waals surface area contributed by atoms with Gasteiger partial charge in [0.15, 0.2) is 0 Å². The second kappa shape index (κ2) is 6.89. The molecule has 0 bridgehead atoms. The van der Waals surface area contributed by atoms with E-state index in [4.69, 9.17) is 11.6 Å². The Balaban J connectivity index is 2.01. The molecule has 0 spiro atoms. The van der Waals surface area contributed by atoms with Crippen LogP contribution in [0.25, 0.3) is 0 Å². The summed E-state index contributed by atoms with van der Waals surface area (Å²) in [4.78, 5) is 2.14. The first kappa shape index (κ1) is 15.0. The summed E-state index contributed by atoms with van der Waals surface area (Å²) < 4.78 is 0. The van der Waals surface area contributed by atoms with Gasteiger partial charge in [-0.05, 0) is 37.2 Å². The van der Waals surface area contributed by atoms with Crippen molar-refractivity contribution in [3.05, 3.63) is 70.7 Å². The van der Waals surface area contributed by atoms with E-state index in [0.717, 1.165) is 17.1 Å². The maximum Gasteiger partial charge on any atom is 0.0942 e. The van der Waals surface area contributed by atoms with Crippen LogP contribution in [0, 0.1) is 0 Å². The van der Waals surface area contributed by atoms with Crippen molar-refractivity contribution >= 4 is 11.6 Å². The van der Waals surface area contributed by atoms with E-state index in [-0.39, 0.29) is 6.04 Å². The predicted octanol–water partition coefficient (Wildman–Crippen LogP) is 3.89. The molecule has 3 heteroatoms. The smallest absolute Gasteiger partial charge is 0.0942 e. The van der Waals surface area contributed by atoms with Crippen LogP contribution in [-0.2, 0) is 6.54 Å². The van der Waals surface area contributed by atoms with Crippen LogP contribution < -0.4 is 0 Å². The van der Waals surface area contributed by atoms with E-state index in [1.807, 2.05) is 68.6 Å². The lowest BCUT2D eigenvalue weighted by molar-refractivity contribution is 0.0688. The van der Waals surface area contributed by atoms with Gasteiger partial charge in [-0.15, -0.1) is 0 Å². The van der Waals surface area contributed by atoms with Crippen molar-refractivity contribution in [1.82, 2.24) is 4.90 Å². The second-order valence-electron chi connectivity index (χ2n) is 5.14. The van der Waals surface area contributed by atoms with E-state index in [0.29, 0.717) is 0 Å². The number of aliphatic hydroxyl groups is 1. The molecule has 0 aliphatic heterocycles. The highest BCUT2D eigenvalue weighted by Crippen LogP contribution is 2.21. The topological polar surface area (TPSA) is 23.5 Å². The van der Waals surface area contributed by atoms with Gasteiger partial charge in [-0.3, -0.25) is 4.90 Å². The first-order chi connectivity index (χ1) is 9.58. The van der Waals surface area contributed by atoms with Crippen molar-refractivity contribution < 1.29 is 5.11 Å². The van der Waals surface area contributed by atoms with Gasteiger partial charge in [0, 0.05) is 17.6 Å². The van der Waals surface area contributed by atoms with Crippen molar-refractivity contribution in [3.63, 3.8) is 0 Å². The van der Waals surface area contributed by atoms with E-state index in [9.17, 15) is 5.11 Å². The molecule has 0 fully saturated rings. The van der Waals surface area contributed by atoms with Crippen molar-refractivity contribution in [2.45, 2.75) is 25.6 Å². The van der Waals surface area contributed by atoms with Gasteiger partial charge in [-0.1, -0.05) is 54.1 Å². The molecule has 0 amide bonds. The van der Waals surface area contributed by atoms with Crippen molar-refractivity contribution in [2.75, 3.05) is 7.05 Å². The number of benzene rings is 2. The molecular weight excluding hydrogens is 270 g/mol. The number of rotatable bonds is 5. The predicted molar refractivity (Wildman–Crippen MR) is 83.8 cm³/mol. The van der Waals surface area contributed by atoms with Gasteiger partial charge in [0.1, 0.15) is 0 Å². The lowest BCUT2D eigenvalue weighted by Crippen LogP contribution is -2.33. The Morgan fingerprint density at radius 1 is 1.05 bits per heavy atom. The van der Waals surface area contributed by atoms with Gasteiger partial charge in [0.25, 0.3) is 0 Å². The van der Waals surface area contributed by atoms with Crippen LogP contribution in [0.1, 0.15) is 24.2 Å². The highest BCUT2D eigenvalue weighted by molar-refractivity contribution is 6.30. The molecule has 0 saturated heterocycles. The summed E-state index contributed by atoms with van der Waals surface area (Å²) >= 11 is 5.89. The van der Waals surface area contributed by atoms with Gasteiger partial charge >= 0.3 is 0 Å². The number of likely N-dealkylation sites (N-methyl/N-ethyl adjacent to an activating group) is 1. The molecule has 2 aromatic carbocycles. The van der Waals surface area contributed by atoms with Crippen LogP contribution in [0.3, 0.4) is 0 Å². The zero-order valence-corrected chi connectivity index (χ0v) is 12.6. The molecule has 2 atom stereocenters. The zero-order valence-electron chi connectivity index (χ0n) is 11.8. The lowest BCUT2D eigenvalue weighted by Gasteiger charge is -2.29. The van der Waals surface area contributed by atoms with E-state index in [1.54, 1.807) is 0 Å². The van der Waals surface area contributed by atoms with Gasteiger partial charge in [0.05, 0.1) is 6.10 Å². The first-order valence-corrected chi connectivity index (χ1v) is 7.13. The fourth-order valence-electron chi connectivity index (χ4n) is 2.19. The maximum atomic E-state index is 10.4. The van der Waals surface area contributed by atoms with E-state index in [2.05, 4.69) is 4.90 Å². The summed E-state index contributed by atoms with van der Waals surface area (Å²) in [7, 11) is 2.02. The van der Waals surface area contributed by atoms with Crippen LogP contribution in [0.15, 0.2) is 54.6 Å². The summed E-state index contributed by atoms with van der Waals surface area (Å²) in [5.74, 6) is 0. The molecule has 0 saturated carbocycles. The number of hydrogen-bond donors (Lipinski definition) is 1. The third-order valence-corrected chi connectivity index (χ3v) is 3.89. The highest BCUT2D eigenvalue weighted by Gasteiger charge is 2.20. The van der Waals surface area contributed by atoms with E-state index < -0.39 is 6.10 Å². The molecule has 0 unspecified atom stereocenters. The average Bonchev–Trinajstić information content (AvgIpc) is 2.49. The summed E-state index contributed by atoms with van der Waals surface area (Å²) in [5.41, 5.74) is 2.13. The Hall–Kier alpha value is -1.35.